The Kier molecular flexibility index (Phi) is 4.70. The number of hydrogen-bond donors (Lipinski definition) is 2. The van der Waals surface area contributed by atoms with Gasteiger partial charge in [0.05, 0.1) is 5.01 Å². The van der Waals surface area contributed by atoms with Gasteiger partial charge in [0.15, 0.2) is 0 Å². The SMILES string of the molecule is CC1CC1NC(=O)c1csc(CCN)n1.Cl. The zero-order valence-corrected chi connectivity index (χ0v) is 10.7. The van der Waals surface area contributed by atoms with Crippen molar-refractivity contribution in [3.8, 4) is 0 Å². The fourth-order valence-corrected chi connectivity index (χ4v) is 2.21. The number of halogens is 1. The van der Waals surface area contributed by atoms with Gasteiger partial charge < -0.3 is 11.1 Å². The van der Waals surface area contributed by atoms with E-state index in [4.69, 9.17) is 5.73 Å². The Bertz CT molecular complexity index is 369. The summed E-state index contributed by atoms with van der Waals surface area (Å²) in [7, 11) is 0. The third-order valence-corrected chi connectivity index (χ3v) is 3.48. The van der Waals surface area contributed by atoms with Crippen LogP contribution in [0.4, 0.5) is 0 Å². The summed E-state index contributed by atoms with van der Waals surface area (Å²) in [5, 5.41) is 5.68. The lowest BCUT2D eigenvalue weighted by molar-refractivity contribution is 0.0945. The van der Waals surface area contributed by atoms with Crippen LogP contribution in [0.2, 0.25) is 0 Å². The highest BCUT2D eigenvalue weighted by Gasteiger charge is 2.34. The Morgan fingerprint density at radius 2 is 2.44 bits per heavy atom. The summed E-state index contributed by atoms with van der Waals surface area (Å²) in [4.78, 5) is 15.9. The largest absolute Gasteiger partial charge is 0.348 e. The predicted molar refractivity (Wildman–Crippen MR) is 67.2 cm³/mol. The molecule has 16 heavy (non-hydrogen) atoms. The third kappa shape index (κ3) is 3.17. The van der Waals surface area contributed by atoms with E-state index in [1.165, 1.54) is 11.3 Å². The second-order valence-corrected chi connectivity index (χ2v) is 4.90. The molecule has 1 heterocycles. The molecule has 90 valence electrons. The monoisotopic (exact) mass is 261 g/mol. The van der Waals surface area contributed by atoms with Gasteiger partial charge >= 0.3 is 0 Å². The van der Waals surface area contributed by atoms with E-state index < -0.39 is 0 Å². The summed E-state index contributed by atoms with van der Waals surface area (Å²) in [5.41, 5.74) is 5.95. The van der Waals surface area contributed by atoms with Crippen LogP contribution in [0.1, 0.15) is 28.8 Å². The van der Waals surface area contributed by atoms with Crippen molar-refractivity contribution in [2.45, 2.75) is 25.8 Å². The number of nitrogens with zero attached hydrogens (tertiary/aromatic N) is 1. The first-order valence-electron chi connectivity index (χ1n) is 5.16. The number of carbonyl (C=O) groups is 1. The van der Waals surface area contributed by atoms with E-state index in [0.29, 0.717) is 24.2 Å². The Labute approximate surface area is 105 Å². The summed E-state index contributed by atoms with van der Waals surface area (Å²) >= 11 is 1.50. The minimum Gasteiger partial charge on any atom is -0.348 e. The van der Waals surface area contributed by atoms with Gasteiger partial charge in [-0.15, -0.1) is 23.7 Å². The molecule has 2 unspecified atom stereocenters. The van der Waals surface area contributed by atoms with Gasteiger partial charge in [0, 0.05) is 17.8 Å². The fourth-order valence-electron chi connectivity index (χ4n) is 1.42. The molecule has 2 atom stereocenters. The van der Waals surface area contributed by atoms with E-state index in [0.717, 1.165) is 17.8 Å². The number of nitrogens with one attached hydrogen (secondary N) is 1. The van der Waals surface area contributed by atoms with Crippen molar-refractivity contribution in [3.05, 3.63) is 16.1 Å². The molecular weight excluding hydrogens is 246 g/mol. The molecule has 1 aromatic rings. The predicted octanol–water partition coefficient (Wildman–Crippen LogP) is 1.20. The van der Waals surface area contributed by atoms with Gasteiger partial charge in [-0.1, -0.05) is 6.92 Å². The van der Waals surface area contributed by atoms with Crippen molar-refractivity contribution >= 4 is 29.7 Å². The fraction of sp³-hybridized carbons (Fsp3) is 0.600. The molecule has 3 N–H and O–H groups in total. The van der Waals surface area contributed by atoms with Gasteiger partial charge in [0.25, 0.3) is 5.91 Å². The number of amides is 1. The molecule has 0 saturated heterocycles. The van der Waals surface area contributed by atoms with Crippen LogP contribution in [0.3, 0.4) is 0 Å². The number of rotatable bonds is 4. The third-order valence-electron chi connectivity index (χ3n) is 2.57. The minimum atomic E-state index is -0.0520. The maximum Gasteiger partial charge on any atom is 0.270 e. The molecule has 1 saturated carbocycles. The quantitative estimate of drug-likeness (QED) is 0.856. The van der Waals surface area contributed by atoms with Crippen LogP contribution in [-0.2, 0) is 6.42 Å². The number of aromatic nitrogens is 1. The van der Waals surface area contributed by atoms with Crippen LogP contribution < -0.4 is 11.1 Å². The molecule has 1 aliphatic carbocycles. The summed E-state index contributed by atoms with van der Waals surface area (Å²) in [5.74, 6) is 0.569. The highest BCUT2D eigenvalue weighted by Crippen LogP contribution is 2.29. The van der Waals surface area contributed by atoms with Crippen molar-refractivity contribution in [3.63, 3.8) is 0 Å². The first-order chi connectivity index (χ1) is 7.20. The molecule has 6 heteroatoms. The zero-order valence-electron chi connectivity index (χ0n) is 9.10. The van der Waals surface area contributed by atoms with Crippen molar-refractivity contribution in [1.82, 2.24) is 10.3 Å². The van der Waals surface area contributed by atoms with Crippen LogP contribution in [0.15, 0.2) is 5.38 Å². The van der Waals surface area contributed by atoms with E-state index in [2.05, 4.69) is 17.2 Å². The zero-order chi connectivity index (χ0) is 10.8. The van der Waals surface area contributed by atoms with E-state index in [9.17, 15) is 4.79 Å². The van der Waals surface area contributed by atoms with E-state index >= 15 is 0 Å². The Hall–Kier alpha value is -0.650. The molecular formula is C10H16ClN3OS. The summed E-state index contributed by atoms with van der Waals surface area (Å²) < 4.78 is 0. The Morgan fingerprint density at radius 1 is 1.75 bits per heavy atom. The molecule has 4 nitrogen and oxygen atoms in total. The average molecular weight is 262 g/mol. The van der Waals surface area contributed by atoms with Crippen LogP contribution in [0.5, 0.6) is 0 Å². The lowest BCUT2D eigenvalue weighted by atomic mass is 10.4. The van der Waals surface area contributed by atoms with Gasteiger partial charge in [-0.25, -0.2) is 4.98 Å². The van der Waals surface area contributed by atoms with E-state index in [1.807, 2.05) is 0 Å². The van der Waals surface area contributed by atoms with E-state index in [1.54, 1.807) is 5.38 Å². The molecule has 1 amide bonds. The lowest BCUT2D eigenvalue weighted by Gasteiger charge is -1.99. The molecule has 0 aromatic carbocycles. The van der Waals surface area contributed by atoms with Crippen LogP contribution in [0.25, 0.3) is 0 Å². The van der Waals surface area contributed by atoms with Gasteiger partial charge in [0.2, 0.25) is 0 Å². The van der Waals surface area contributed by atoms with Crippen molar-refractivity contribution in [1.29, 1.82) is 0 Å². The van der Waals surface area contributed by atoms with Gasteiger partial charge in [-0.2, -0.15) is 0 Å². The van der Waals surface area contributed by atoms with Crippen molar-refractivity contribution in [2.24, 2.45) is 11.7 Å². The second-order valence-electron chi connectivity index (χ2n) is 3.96. The van der Waals surface area contributed by atoms with Gasteiger partial charge in [0.1, 0.15) is 5.69 Å². The maximum atomic E-state index is 11.7. The molecule has 1 aliphatic rings. The highest BCUT2D eigenvalue weighted by atomic mass is 35.5. The Morgan fingerprint density at radius 3 is 3.00 bits per heavy atom. The van der Waals surface area contributed by atoms with Gasteiger partial charge in [-0.3, -0.25) is 4.79 Å². The summed E-state index contributed by atoms with van der Waals surface area (Å²) in [6.07, 6.45) is 1.84. The van der Waals surface area contributed by atoms with Gasteiger partial charge in [-0.05, 0) is 18.9 Å². The number of nitrogens with two attached hydrogens (primary N) is 1. The van der Waals surface area contributed by atoms with Crippen LogP contribution in [-0.4, -0.2) is 23.5 Å². The normalized spacial score (nSPS) is 22.4. The molecule has 2 rings (SSSR count). The number of carbonyl (C=O) groups excluding carboxylic acids is 1. The molecule has 1 aromatic heterocycles. The van der Waals surface area contributed by atoms with Crippen LogP contribution >= 0.6 is 23.7 Å². The van der Waals surface area contributed by atoms with Crippen molar-refractivity contribution in [2.75, 3.05) is 6.54 Å². The average Bonchev–Trinajstić information content (AvgIpc) is 2.72. The Balaban J connectivity index is 0.00000128. The molecule has 0 aliphatic heterocycles. The number of hydrogen-bond acceptors (Lipinski definition) is 4. The molecule has 0 bridgehead atoms. The highest BCUT2D eigenvalue weighted by molar-refractivity contribution is 7.09. The topological polar surface area (TPSA) is 68.0 Å². The molecule has 0 spiro atoms. The summed E-state index contributed by atoms with van der Waals surface area (Å²) in [6.45, 7) is 2.71. The smallest absolute Gasteiger partial charge is 0.270 e. The number of thiazole rings is 1. The minimum absolute atomic E-state index is 0. The molecule has 1 fully saturated rings. The maximum absolute atomic E-state index is 11.7. The lowest BCUT2D eigenvalue weighted by Crippen LogP contribution is -2.26. The van der Waals surface area contributed by atoms with E-state index in [-0.39, 0.29) is 18.3 Å². The molecule has 0 radical (unpaired) electrons. The summed E-state index contributed by atoms with van der Waals surface area (Å²) in [6, 6.07) is 0.358. The first kappa shape index (κ1) is 13.4. The van der Waals surface area contributed by atoms with Crippen LogP contribution in [0, 0.1) is 5.92 Å². The standard InChI is InChI=1S/C10H15N3OS.ClH/c1-6-4-7(6)13-10(14)8-5-15-9(12-8)2-3-11;/h5-7H,2-4,11H2,1H3,(H,13,14);1H. The first-order valence-corrected chi connectivity index (χ1v) is 6.04. The van der Waals surface area contributed by atoms with Crippen molar-refractivity contribution < 1.29 is 4.79 Å². The second kappa shape index (κ2) is 5.61.